The van der Waals surface area contributed by atoms with Crippen molar-refractivity contribution in [3.05, 3.63) is 112 Å². The SMILES string of the molecule is CCCc1ccc(-c2cc(F)c(C(=O)Oc3ccc(-c4cc(F)c(F)c(F)c4)c(F)c3)c(Cl)c2)cc1. The van der Waals surface area contributed by atoms with Gasteiger partial charge < -0.3 is 4.74 Å². The van der Waals surface area contributed by atoms with Gasteiger partial charge in [-0.15, -0.1) is 0 Å². The normalized spacial score (nSPS) is 11.0. The topological polar surface area (TPSA) is 26.3 Å². The second-order valence-electron chi connectivity index (χ2n) is 8.05. The lowest BCUT2D eigenvalue weighted by molar-refractivity contribution is 0.0730. The van der Waals surface area contributed by atoms with E-state index in [0.717, 1.165) is 42.7 Å². The van der Waals surface area contributed by atoms with Gasteiger partial charge >= 0.3 is 5.97 Å². The standard InChI is InChI=1S/C28H18ClF5O2/c1-2-3-15-4-6-16(7-5-15)17-10-21(29)26(23(31)11-17)28(35)36-19-8-9-20(22(30)14-19)18-12-24(32)27(34)25(33)13-18/h4-14H,2-3H2,1H3. The minimum Gasteiger partial charge on any atom is -0.423 e. The molecule has 36 heavy (non-hydrogen) atoms. The molecule has 4 aromatic rings. The van der Waals surface area contributed by atoms with Crippen molar-refractivity contribution in [2.45, 2.75) is 19.8 Å². The van der Waals surface area contributed by atoms with E-state index in [1.165, 1.54) is 6.07 Å². The molecule has 0 aliphatic heterocycles. The molecule has 8 heteroatoms. The summed E-state index contributed by atoms with van der Waals surface area (Å²) < 4.78 is 74.7. The predicted octanol–water partition coefficient (Wildman–Crippen LogP) is 8.54. The summed E-state index contributed by atoms with van der Waals surface area (Å²) in [6, 6.07) is 14.4. The highest BCUT2D eigenvalue weighted by atomic mass is 35.5. The summed E-state index contributed by atoms with van der Waals surface area (Å²) in [7, 11) is 0. The summed E-state index contributed by atoms with van der Waals surface area (Å²) in [5, 5.41) is -0.193. The zero-order chi connectivity index (χ0) is 26.0. The quantitative estimate of drug-likeness (QED) is 0.111. The Morgan fingerprint density at radius 2 is 1.39 bits per heavy atom. The summed E-state index contributed by atoms with van der Waals surface area (Å²) in [5.74, 6) is -8.02. The number of hydrogen-bond donors (Lipinski definition) is 0. The molecule has 4 aromatic carbocycles. The second kappa shape index (κ2) is 10.5. The van der Waals surface area contributed by atoms with Crippen LogP contribution in [0.5, 0.6) is 5.75 Å². The van der Waals surface area contributed by atoms with Gasteiger partial charge in [0.05, 0.1) is 5.02 Å². The van der Waals surface area contributed by atoms with E-state index >= 15 is 0 Å². The van der Waals surface area contributed by atoms with E-state index in [2.05, 4.69) is 6.92 Å². The van der Waals surface area contributed by atoms with E-state index in [-0.39, 0.29) is 21.9 Å². The lowest BCUT2D eigenvalue weighted by Gasteiger charge is -2.11. The second-order valence-corrected chi connectivity index (χ2v) is 8.45. The van der Waals surface area contributed by atoms with Crippen LogP contribution in [0.4, 0.5) is 22.0 Å². The van der Waals surface area contributed by atoms with Crippen LogP contribution in [0.15, 0.2) is 66.7 Å². The molecule has 0 bridgehead atoms. The Balaban J connectivity index is 1.56. The predicted molar refractivity (Wildman–Crippen MR) is 128 cm³/mol. The van der Waals surface area contributed by atoms with Crippen molar-refractivity contribution < 1.29 is 31.5 Å². The Kier molecular flexibility index (Phi) is 7.40. The van der Waals surface area contributed by atoms with Crippen LogP contribution in [-0.4, -0.2) is 5.97 Å². The third-order valence-corrected chi connectivity index (χ3v) is 5.82. The maximum absolute atomic E-state index is 14.9. The van der Waals surface area contributed by atoms with Gasteiger partial charge in [0.2, 0.25) is 0 Å². The minimum absolute atomic E-state index is 0.193. The summed E-state index contributed by atoms with van der Waals surface area (Å²) in [5.41, 5.74) is 1.27. The van der Waals surface area contributed by atoms with Gasteiger partial charge in [0.1, 0.15) is 22.9 Å². The number of esters is 1. The highest BCUT2D eigenvalue weighted by Gasteiger charge is 2.21. The van der Waals surface area contributed by atoms with Crippen LogP contribution in [0.25, 0.3) is 22.3 Å². The first-order valence-corrected chi connectivity index (χ1v) is 11.3. The average Bonchev–Trinajstić information content (AvgIpc) is 2.82. The van der Waals surface area contributed by atoms with Crippen LogP contribution in [-0.2, 0) is 6.42 Å². The molecule has 0 saturated carbocycles. The third-order valence-electron chi connectivity index (χ3n) is 5.52. The minimum atomic E-state index is -1.68. The van der Waals surface area contributed by atoms with E-state index in [4.69, 9.17) is 16.3 Å². The zero-order valence-electron chi connectivity index (χ0n) is 18.8. The van der Waals surface area contributed by atoms with Gasteiger partial charge in [0, 0.05) is 11.6 Å². The number of halogens is 6. The van der Waals surface area contributed by atoms with Crippen LogP contribution in [0.2, 0.25) is 5.02 Å². The van der Waals surface area contributed by atoms with Gasteiger partial charge in [0.25, 0.3) is 0 Å². The number of carbonyl (C=O) groups is 1. The summed E-state index contributed by atoms with van der Waals surface area (Å²) in [4.78, 5) is 12.6. The van der Waals surface area contributed by atoms with Crippen LogP contribution in [0, 0.1) is 29.1 Å². The van der Waals surface area contributed by atoms with Crippen molar-refractivity contribution in [3.8, 4) is 28.0 Å². The molecule has 4 rings (SSSR count). The van der Waals surface area contributed by atoms with E-state index in [1.807, 2.05) is 24.3 Å². The van der Waals surface area contributed by atoms with Gasteiger partial charge in [-0.25, -0.2) is 26.7 Å². The van der Waals surface area contributed by atoms with E-state index < -0.39 is 40.6 Å². The van der Waals surface area contributed by atoms with E-state index in [1.54, 1.807) is 0 Å². The molecular formula is C28H18ClF5O2. The fourth-order valence-corrected chi connectivity index (χ4v) is 4.03. The number of hydrogen-bond acceptors (Lipinski definition) is 2. The lowest BCUT2D eigenvalue weighted by atomic mass is 10.0. The van der Waals surface area contributed by atoms with Crippen molar-refractivity contribution >= 4 is 17.6 Å². The number of ether oxygens (including phenoxy) is 1. The Morgan fingerprint density at radius 1 is 0.750 bits per heavy atom. The third kappa shape index (κ3) is 5.26. The van der Waals surface area contributed by atoms with Crippen molar-refractivity contribution in [3.63, 3.8) is 0 Å². The molecule has 0 N–H and O–H groups in total. The van der Waals surface area contributed by atoms with Crippen LogP contribution in [0.1, 0.15) is 29.3 Å². The van der Waals surface area contributed by atoms with Gasteiger partial charge in [-0.3, -0.25) is 0 Å². The van der Waals surface area contributed by atoms with Gasteiger partial charge in [0.15, 0.2) is 17.5 Å². The average molecular weight is 517 g/mol. The van der Waals surface area contributed by atoms with Gasteiger partial charge in [-0.05, 0) is 65.1 Å². The van der Waals surface area contributed by atoms with Crippen LogP contribution in [0.3, 0.4) is 0 Å². The number of carbonyl (C=O) groups excluding carboxylic acids is 1. The zero-order valence-corrected chi connectivity index (χ0v) is 19.6. The van der Waals surface area contributed by atoms with E-state index in [0.29, 0.717) is 23.3 Å². The molecule has 0 aliphatic carbocycles. The Hall–Kier alpha value is -3.71. The molecule has 0 aliphatic rings. The van der Waals surface area contributed by atoms with Crippen molar-refractivity contribution in [1.82, 2.24) is 0 Å². The Morgan fingerprint density at radius 3 is 1.97 bits per heavy atom. The maximum atomic E-state index is 14.9. The fraction of sp³-hybridized carbons (Fsp3) is 0.107. The Bertz CT molecular complexity index is 1410. The Labute approximate surface area is 208 Å². The molecule has 0 spiro atoms. The number of benzene rings is 4. The van der Waals surface area contributed by atoms with Gasteiger partial charge in [-0.1, -0.05) is 49.2 Å². The maximum Gasteiger partial charge on any atom is 0.348 e. The fourth-order valence-electron chi connectivity index (χ4n) is 3.75. The monoisotopic (exact) mass is 516 g/mol. The number of aryl methyl sites for hydroxylation is 1. The smallest absolute Gasteiger partial charge is 0.348 e. The number of rotatable bonds is 6. The molecule has 0 saturated heterocycles. The molecule has 0 aromatic heterocycles. The van der Waals surface area contributed by atoms with Crippen molar-refractivity contribution in [2.75, 3.05) is 0 Å². The molecule has 0 radical (unpaired) electrons. The highest BCUT2D eigenvalue weighted by Crippen LogP contribution is 2.32. The lowest BCUT2D eigenvalue weighted by Crippen LogP contribution is -2.12. The molecular weight excluding hydrogens is 499 g/mol. The van der Waals surface area contributed by atoms with Gasteiger partial charge in [-0.2, -0.15) is 0 Å². The van der Waals surface area contributed by atoms with Crippen molar-refractivity contribution in [1.29, 1.82) is 0 Å². The van der Waals surface area contributed by atoms with Crippen molar-refractivity contribution in [2.24, 2.45) is 0 Å². The molecule has 184 valence electrons. The first-order chi connectivity index (χ1) is 17.2. The molecule has 0 fully saturated rings. The van der Waals surface area contributed by atoms with Crippen LogP contribution >= 0.6 is 11.6 Å². The highest BCUT2D eigenvalue weighted by molar-refractivity contribution is 6.34. The molecule has 0 atom stereocenters. The molecule has 2 nitrogen and oxygen atoms in total. The molecule has 0 heterocycles. The van der Waals surface area contributed by atoms with Crippen LogP contribution < -0.4 is 4.74 Å². The summed E-state index contributed by atoms with van der Waals surface area (Å²) >= 11 is 6.19. The van der Waals surface area contributed by atoms with E-state index in [9.17, 15) is 26.7 Å². The molecule has 0 unspecified atom stereocenters. The summed E-state index contributed by atoms with van der Waals surface area (Å²) in [6.45, 7) is 2.07. The first kappa shape index (κ1) is 25.4. The first-order valence-electron chi connectivity index (χ1n) is 10.9. The molecule has 0 amide bonds. The summed E-state index contributed by atoms with van der Waals surface area (Å²) in [6.07, 6.45) is 1.91. The largest absolute Gasteiger partial charge is 0.423 e.